The first-order valence-electron chi connectivity index (χ1n) is 8.90. The zero-order valence-corrected chi connectivity index (χ0v) is 16.7. The second kappa shape index (κ2) is 8.70. The molecule has 11 heteroatoms. The summed E-state index contributed by atoms with van der Waals surface area (Å²) in [6.07, 6.45) is -0.157. The van der Waals surface area contributed by atoms with Gasteiger partial charge >= 0.3 is 6.18 Å². The first kappa shape index (κ1) is 21.6. The number of halogens is 4. The lowest BCUT2D eigenvalue weighted by molar-refractivity contribution is -0.137. The van der Waals surface area contributed by atoms with Gasteiger partial charge in [0, 0.05) is 0 Å². The van der Waals surface area contributed by atoms with E-state index in [2.05, 4.69) is 25.7 Å². The molecule has 158 valence electrons. The SMILES string of the molecule is CC(C)[C@@H](Nc1ccc(C(F)(F)F)cc1Cl)C(=O)Nc1ccc(-n2cncn2)nc1. The van der Waals surface area contributed by atoms with Crippen molar-refractivity contribution in [1.29, 1.82) is 0 Å². The Morgan fingerprint density at radius 1 is 1.20 bits per heavy atom. The molecule has 1 aromatic carbocycles. The third-order valence-corrected chi connectivity index (χ3v) is 4.54. The number of hydrogen-bond acceptors (Lipinski definition) is 5. The number of carbonyl (C=O) groups excluding carboxylic acids is 1. The fraction of sp³-hybridized carbons (Fsp3) is 0.263. The summed E-state index contributed by atoms with van der Waals surface area (Å²) in [5, 5.41) is 9.51. The molecule has 0 spiro atoms. The molecule has 0 aliphatic rings. The van der Waals surface area contributed by atoms with Crippen molar-refractivity contribution >= 4 is 28.9 Å². The van der Waals surface area contributed by atoms with Gasteiger partial charge in [0.05, 0.1) is 28.2 Å². The lowest BCUT2D eigenvalue weighted by Crippen LogP contribution is -2.39. The zero-order chi connectivity index (χ0) is 21.9. The third kappa shape index (κ3) is 5.07. The number of benzene rings is 1. The Kier molecular flexibility index (Phi) is 6.25. The minimum atomic E-state index is -4.50. The normalized spacial score (nSPS) is 12.6. The van der Waals surface area contributed by atoms with E-state index in [1.807, 2.05) is 0 Å². The predicted molar refractivity (Wildman–Crippen MR) is 106 cm³/mol. The van der Waals surface area contributed by atoms with Crippen molar-refractivity contribution in [3.8, 4) is 5.82 Å². The van der Waals surface area contributed by atoms with Crippen molar-refractivity contribution < 1.29 is 18.0 Å². The number of hydrogen-bond donors (Lipinski definition) is 2. The first-order valence-corrected chi connectivity index (χ1v) is 9.28. The number of amides is 1. The molecule has 7 nitrogen and oxygen atoms in total. The first-order chi connectivity index (χ1) is 14.1. The largest absolute Gasteiger partial charge is 0.416 e. The highest BCUT2D eigenvalue weighted by atomic mass is 35.5. The summed E-state index contributed by atoms with van der Waals surface area (Å²) in [6, 6.07) is 5.53. The zero-order valence-electron chi connectivity index (χ0n) is 16.0. The number of anilines is 2. The molecule has 1 atom stereocenters. The molecule has 30 heavy (non-hydrogen) atoms. The molecule has 0 radical (unpaired) electrons. The average Bonchev–Trinajstić information content (AvgIpc) is 3.21. The van der Waals surface area contributed by atoms with Crippen molar-refractivity contribution in [2.75, 3.05) is 10.6 Å². The molecule has 3 rings (SSSR count). The van der Waals surface area contributed by atoms with E-state index in [0.717, 1.165) is 12.1 Å². The standard InChI is InChI=1S/C19H18ClF3N6O/c1-11(2)17(28-15-5-3-12(7-14(15)20)19(21,22)23)18(30)27-13-4-6-16(25-8-13)29-10-24-9-26-29/h3-11,17,28H,1-2H3,(H,27,30)/t17-/m1/s1. The molecule has 0 saturated carbocycles. The van der Waals surface area contributed by atoms with Crippen LogP contribution in [0.3, 0.4) is 0 Å². The van der Waals surface area contributed by atoms with E-state index in [1.165, 1.54) is 29.6 Å². The van der Waals surface area contributed by atoms with Gasteiger partial charge in [-0.25, -0.2) is 14.6 Å². The van der Waals surface area contributed by atoms with Gasteiger partial charge in [-0.3, -0.25) is 4.79 Å². The molecule has 2 heterocycles. The van der Waals surface area contributed by atoms with Crippen LogP contribution in [0.2, 0.25) is 5.02 Å². The topological polar surface area (TPSA) is 84.7 Å². The Morgan fingerprint density at radius 2 is 1.97 bits per heavy atom. The Morgan fingerprint density at radius 3 is 2.50 bits per heavy atom. The van der Waals surface area contributed by atoms with Crippen LogP contribution in [0, 0.1) is 5.92 Å². The highest BCUT2D eigenvalue weighted by molar-refractivity contribution is 6.33. The summed E-state index contributed by atoms with van der Waals surface area (Å²) >= 11 is 6.00. The number of rotatable bonds is 6. The van der Waals surface area contributed by atoms with E-state index < -0.39 is 17.8 Å². The molecular weight excluding hydrogens is 421 g/mol. The van der Waals surface area contributed by atoms with Crippen LogP contribution < -0.4 is 10.6 Å². The van der Waals surface area contributed by atoms with Crippen molar-refractivity contribution in [2.45, 2.75) is 26.1 Å². The van der Waals surface area contributed by atoms with Crippen LogP contribution in [0.5, 0.6) is 0 Å². The summed E-state index contributed by atoms with van der Waals surface area (Å²) in [5.41, 5.74) is -0.171. The van der Waals surface area contributed by atoms with Gasteiger partial charge in [-0.05, 0) is 36.2 Å². The van der Waals surface area contributed by atoms with Crippen molar-refractivity contribution in [3.63, 3.8) is 0 Å². The van der Waals surface area contributed by atoms with E-state index in [9.17, 15) is 18.0 Å². The second-order valence-corrected chi connectivity index (χ2v) is 7.20. The number of pyridine rings is 1. The molecule has 3 aromatic rings. The predicted octanol–water partition coefficient (Wildman–Crippen LogP) is 4.41. The lowest BCUT2D eigenvalue weighted by Gasteiger charge is -2.23. The van der Waals surface area contributed by atoms with Crippen LogP contribution in [0.15, 0.2) is 49.2 Å². The smallest absolute Gasteiger partial charge is 0.372 e. The molecule has 0 aliphatic heterocycles. The monoisotopic (exact) mass is 438 g/mol. The minimum absolute atomic E-state index is 0.123. The minimum Gasteiger partial charge on any atom is -0.372 e. The molecule has 0 saturated heterocycles. The lowest BCUT2D eigenvalue weighted by atomic mass is 10.0. The van der Waals surface area contributed by atoms with E-state index in [-0.39, 0.29) is 22.5 Å². The van der Waals surface area contributed by atoms with Crippen molar-refractivity contribution in [1.82, 2.24) is 19.7 Å². The highest BCUT2D eigenvalue weighted by Gasteiger charge is 2.31. The quantitative estimate of drug-likeness (QED) is 0.595. The molecular formula is C19H18ClF3N6O. The molecule has 2 N–H and O–H groups in total. The van der Waals surface area contributed by atoms with E-state index in [1.54, 1.807) is 26.0 Å². The second-order valence-electron chi connectivity index (χ2n) is 6.79. The Labute approximate surface area is 175 Å². The maximum atomic E-state index is 12.8. The fourth-order valence-corrected chi connectivity index (χ4v) is 2.89. The van der Waals surface area contributed by atoms with E-state index >= 15 is 0 Å². The maximum absolute atomic E-state index is 12.8. The van der Waals surface area contributed by atoms with Crippen LogP contribution in [0.25, 0.3) is 5.82 Å². The maximum Gasteiger partial charge on any atom is 0.416 e. The molecule has 1 amide bonds. The molecule has 0 unspecified atom stereocenters. The Balaban J connectivity index is 1.72. The van der Waals surface area contributed by atoms with Gasteiger partial charge in [0.15, 0.2) is 5.82 Å². The third-order valence-electron chi connectivity index (χ3n) is 4.23. The van der Waals surface area contributed by atoms with Gasteiger partial charge in [-0.1, -0.05) is 25.4 Å². The Hall–Kier alpha value is -3.14. The Bertz CT molecular complexity index is 1010. The van der Waals surface area contributed by atoms with E-state index in [0.29, 0.717) is 11.5 Å². The number of aromatic nitrogens is 4. The number of nitrogens with zero attached hydrogens (tertiary/aromatic N) is 4. The van der Waals surface area contributed by atoms with Crippen LogP contribution in [0.1, 0.15) is 19.4 Å². The number of alkyl halides is 3. The van der Waals surface area contributed by atoms with Crippen LogP contribution >= 0.6 is 11.6 Å². The molecule has 0 bridgehead atoms. The summed E-state index contributed by atoms with van der Waals surface area (Å²) in [7, 11) is 0. The van der Waals surface area contributed by atoms with Gasteiger partial charge in [0.1, 0.15) is 18.7 Å². The highest BCUT2D eigenvalue weighted by Crippen LogP contribution is 2.34. The molecule has 0 aliphatic carbocycles. The van der Waals surface area contributed by atoms with Crippen molar-refractivity contribution in [2.24, 2.45) is 5.92 Å². The van der Waals surface area contributed by atoms with Gasteiger partial charge in [-0.15, -0.1) is 0 Å². The summed E-state index contributed by atoms with van der Waals surface area (Å²) in [4.78, 5) is 20.8. The van der Waals surface area contributed by atoms with Gasteiger partial charge < -0.3 is 10.6 Å². The van der Waals surface area contributed by atoms with Gasteiger partial charge in [-0.2, -0.15) is 18.3 Å². The molecule has 2 aromatic heterocycles. The van der Waals surface area contributed by atoms with Crippen molar-refractivity contribution in [3.05, 3.63) is 59.8 Å². The summed E-state index contributed by atoms with van der Waals surface area (Å²) < 4.78 is 39.9. The fourth-order valence-electron chi connectivity index (χ4n) is 2.65. The summed E-state index contributed by atoms with van der Waals surface area (Å²) in [5.74, 6) is -0.0254. The van der Waals surface area contributed by atoms with Crippen LogP contribution in [-0.2, 0) is 11.0 Å². The summed E-state index contributed by atoms with van der Waals surface area (Å²) in [6.45, 7) is 3.61. The van der Waals surface area contributed by atoms with Gasteiger partial charge in [0.25, 0.3) is 0 Å². The van der Waals surface area contributed by atoms with Crippen LogP contribution in [0.4, 0.5) is 24.5 Å². The number of nitrogens with one attached hydrogen (secondary N) is 2. The average molecular weight is 439 g/mol. The molecule has 0 fully saturated rings. The van der Waals surface area contributed by atoms with Gasteiger partial charge in [0.2, 0.25) is 5.91 Å². The number of carbonyl (C=O) groups is 1. The van der Waals surface area contributed by atoms with E-state index in [4.69, 9.17) is 11.6 Å². The van der Waals surface area contributed by atoms with Crippen LogP contribution in [-0.4, -0.2) is 31.7 Å².